The highest BCUT2D eigenvalue weighted by Crippen LogP contribution is 2.28. The van der Waals surface area contributed by atoms with Crippen LogP contribution in [0.25, 0.3) is 5.69 Å². The molecule has 1 N–H and O–H groups in total. The van der Waals surface area contributed by atoms with E-state index in [9.17, 15) is 14.4 Å². The molecular weight excluding hydrogens is 589 g/mol. The number of benzene rings is 3. The fourth-order valence-electron chi connectivity index (χ4n) is 5.22. The lowest BCUT2D eigenvalue weighted by atomic mass is 9.98. The monoisotopic (exact) mass is 619 g/mol. The van der Waals surface area contributed by atoms with Crippen LogP contribution in [0.4, 0.5) is 5.95 Å². The Labute approximate surface area is 259 Å². The number of nitrogens with zero attached hydrogens (tertiary/aromatic N) is 4. The average molecular weight is 621 g/mol. The maximum absolute atomic E-state index is 14.2. The number of aromatic nitrogens is 2. The van der Waals surface area contributed by atoms with E-state index in [1.54, 1.807) is 66.1 Å². The quantitative estimate of drug-likeness (QED) is 0.308. The molecule has 11 heteroatoms. The van der Waals surface area contributed by atoms with Gasteiger partial charge < -0.3 is 19.9 Å². The summed E-state index contributed by atoms with van der Waals surface area (Å²) in [6, 6.07) is 19.0. The Morgan fingerprint density at radius 3 is 2.44 bits per heavy atom. The molecule has 43 heavy (non-hydrogen) atoms. The number of amides is 2. The van der Waals surface area contributed by atoms with Gasteiger partial charge in [0.2, 0.25) is 5.95 Å². The largest absolute Gasteiger partial charge is 0.497 e. The van der Waals surface area contributed by atoms with E-state index in [0.29, 0.717) is 57.0 Å². The molecule has 222 valence electrons. The van der Waals surface area contributed by atoms with Gasteiger partial charge in [-0.05, 0) is 73.5 Å². The second kappa shape index (κ2) is 12.5. The molecule has 2 heterocycles. The van der Waals surface area contributed by atoms with Crippen LogP contribution < -0.4 is 20.5 Å². The third-order valence-electron chi connectivity index (χ3n) is 7.53. The van der Waals surface area contributed by atoms with Gasteiger partial charge in [0.15, 0.2) is 0 Å². The molecule has 0 radical (unpaired) electrons. The van der Waals surface area contributed by atoms with E-state index in [0.717, 1.165) is 11.3 Å². The van der Waals surface area contributed by atoms with E-state index in [4.69, 9.17) is 32.9 Å². The number of hydrogen-bond donors (Lipinski definition) is 1. The van der Waals surface area contributed by atoms with Crippen LogP contribution in [0.1, 0.15) is 44.5 Å². The van der Waals surface area contributed by atoms with Crippen molar-refractivity contribution in [3.63, 3.8) is 0 Å². The second-order valence-corrected chi connectivity index (χ2v) is 11.2. The number of ether oxygens (including phenoxy) is 1. The molecule has 3 aromatic carbocycles. The zero-order valence-corrected chi connectivity index (χ0v) is 25.7. The number of carbonyl (C=O) groups is 2. The van der Waals surface area contributed by atoms with Crippen LogP contribution in [0.2, 0.25) is 10.0 Å². The normalized spacial score (nSPS) is 14.2. The van der Waals surface area contributed by atoms with Crippen molar-refractivity contribution in [1.29, 1.82) is 0 Å². The molecule has 9 nitrogen and oxygen atoms in total. The van der Waals surface area contributed by atoms with Gasteiger partial charge in [-0.2, -0.15) is 0 Å². The zero-order valence-electron chi connectivity index (χ0n) is 24.2. The number of rotatable bonds is 7. The summed E-state index contributed by atoms with van der Waals surface area (Å²) in [4.78, 5) is 48.5. The molecule has 1 aromatic heterocycles. The van der Waals surface area contributed by atoms with Gasteiger partial charge in [0.25, 0.3) is 17.4 Å². The summed E-state index contributed by atoms with van der Waals surface area (Å²) in [7, 11) is 5.03. The summed E-state index contributed by atoms with van der Waals surface area (Å²) in [5.74, 6) is 0.671. The number of methoxy groups -OCH3 is 1. The second-order valence-electron chi connectivity index (χ2n) is 10.4. The van der Waals surface area contributed by atoms with Gasteiger partial charge in [-0.15, -0.1) is 0 Å². The molecule has 0 bridgehead atoms. The summed E-state index contributed by atoms with van der Waals surface area (Å²) < 4.78 is 6.95. The van der Waals surface area contributed by atoms with E-state index in [2.05, 4.69) is 5.32 Å². The Hall–Kier alpha value is -4.34. The average Bonchev–Trinajstić information content (AvgIpc) is 3.01. The van der Waals surface area contributed by atoms with Crippen molar-refractivity contribution in [3.8, 4) is 11.4 Å². The van der Waals surface area contributed by atoms with Gasteiger partial charge in [0.05, 0.1) is 35.1 Å². The zero-order chi connectivity index (χ0) is 30.8. The fourth-order valence-corrected chi connectivity index (χ4v) is 5.52. The first-order valence-corrected chi connectivity index (χ1v) is 14.4. The third-order valence-corrected chi connectivity index (χ3v) is 8.27. The smallest absolute Gasteiger partial charge is 0.263 e. The molecular formula is C32H31Cl2N5O4. The minimum Gasteiger partial charge on any atom is -0.497 e. The number of anilines is 1. The Morgan fingerprint density at radius 1 is 1.05 bits per heavy atom. The minimum absolute atomic E-state index is 0.154. The summed E-state index contributed by atoms with van der Waals surface area (Å²) in [6.07, 6.45) is 0.324. The summed E-state index contributed by atoms with van der Waals surface area (Å²) in [5, 5.41) is 3.27. The van der Waals surface area contributed by atoms with Gasteiger partial charge in [-0.25, -0.2) is 9.55 Å². The molecule has 0 saturated carbocycles. The van der Waals surface area contributed by atoms with Crippen LogP contribution in [-0.2, 0) is 19.5 Å². The lowest BCUT2D eigenvalue weighted by Gasteiger charge is -2.35. The molecule has 1 aliphatic rings. The molecule has 1 atom stereocenters. The fraction of sp³-hybridized carbons (Fsp3) is 0.250. The van der Waals surface area contributed by atoms with Crippen molar-refractivity contribution in [1.82, 2.24) is 19.8 Å². The topological polar surface area (TPSA) is 96.8 Å². The summed E-state index contributed by atoms with van der Waals surface area (Å²) >= 11 is 12.3. The van der Waals surface area contributed by atoms with Crippen LogP contribution in [0.5, 0.6) is 5.75 Å². The number of fused-ring (bicyclic) bond motifs is 1. The SMILES string of the molecule is CNC(=O)c1ccc(-n2c(N(C)Cc3cccc(OC)c3)nc3c(c2=O)C[C@@H](C)N(C(=O)c2ccc(Cl)c(Cl)c2)C3)cc1. The Balaban J connectivity index is 1.58. The van der Waals surface area contributed by atoms with Crippen molar-refractivity contribution >= 4 is 41.0 Å². The van der Waals surface area contributed by atoms with Crippen molar-refractivity contribution in [2.24, 2.45) is 0 Å². The first kappa shape index (κ1) is 30.1. The highest BCUT2D eigenvalue weighted by molar-refractivity contribution is 6.42. The number of halogens is 2. The van der Waals surface area contributed by atoms with Gasteiger partial charge in [0, 0.05) is 43.4 Å². The first-order valence-electron chi connectivity index (χ1n) is 13.7. The van der Waals surface area contributed by atoms with E-state index < -0.39 is 0 Å². The molecule has 5 rings (SSSR count). The van der Waals surface area contributed by atoms with Crippen LogP contribution in [0.15, 0.2) is 71.5 Å². The van der Waals surface area contributed by atoms with Crippen molar-refractivity contribution in [2.75, 3.05) is 26.1 Å². The van der Waals surface area contributed by atoms with Crippen molar-refractivity contribution < 1.29 is 14.3 Å². The molecule has 4 aromatic rings. The standard InChI is InChI=1S/C32H31Cl2N5O4/c1-19-14-25-28(18-38(19)30(41)22-10-13-26(33)27(34)16-22)36-32(37(3)17-20-6-5-7-24(15-20)43-4)39(31(25)42)23-11-8-21(9-12-23)29(40)35-2/h5-13,15-16,19H,14,17-18H2,1-4H3,(H,35,40)/t19-/m1/s1. The van der Waals surface area contributed by atoms with Crippen molar-refractivity contribution in [3.05, 3.63) is 115 Å². The predicted molar refractivity (Wildman–Crippen MR) is 168 cm³/mol. The molecule has 0 fully saturated rings. The molecule has 1 aliphatic heterocycles. The predicted octanol–water partition coefficient (Wildman–Crippen LogP) is 5.13. The Kier molecular flexibility index (Phi) is 8.75. The van der Waals surface area contributed by atoms with E-state index in [1.165, 1.54) is 0 Å². The van der Waals surface area contributed by atoms with Crippen LogP contribution in [0.3, 0.4) is 0 Å². The van der Waals surface area contributed by atoms with Crippen LogP contribution in [0, 0.1) is 0 Å². The van der Waals surface area contributed by atoms with Crippen LogP contribution in [-0.4, -0.2) is 53.5 Å². The van der Waals surface area contributed by atoms with E-state index in [-0.39, 0.29) is 30.0 Å². The highest BCUT2D eigenvalue weighted by Gasteiger charge is 2.32. The van der Waals surface area contributed by atoms with Gasteiger partial charge in [-0.1, -0.05) is 35.3 Å². The van der Waals surface area contributed by atoms with Crippen molar-refractivity contribution in [2.45, 2.75) is 32.5 Å². The lowest BCUT2D eigenvalue weighted by molar-refractivity contribution is 0.0653. The first-order chi connectivity index (χ1) is 20.6. The maximum Gasteiger partial charge on any atom is 0.263 e. The maximum atomic E-state index is 14.2. The van der Waals surface area contributed by atoms with Gasteiger partial charge >= 0.3 is 0 Å². The molecule has 2 amide bonds. The van der Waals surface area contributed by atoms with E-state index in [1.807, 2.05) is 43.1 Å². The third kappa shape index (κ3) is 6.09. The lowest BCUT2D eigenvalue weighted by Crippen LogP contribution is -2.46. The Morgan fingerprint density at radius 2 is 1.77 bits per heavy atom. The molecule has 0 spiro atoms. The van der Waals surface area contributed by atoms with E-state index >= 15 is 0 Å². The Bertz CT molecular complexity index is 1760. The molecule has 0 unspecified atom stereocenters. The molecule has 0 aliphatic carbocycles. The summed E-state index contributed by atoms with van der Waals surface area (Å²) in [5.41, 5.74) is 3.26. The number of hydrogen-bond acceptors (Lipinski definition) is 6. The number of nitrogens with one attached hydrogen (secondary N) is 1. The number of carbonyl (C=O) groups excluding carboxylic acids is 2. The van der Waals surface area contributed by atoms with Gasteiger partial charge in [-0.3, -0.25) is 14.4 Å². The van der Waals surface area contributed by atoms with Crippen LogP contribution >= 0.6 is 23.2 Å². The summed E-state index contributed by atoms with van der Waals surface area (Å²) in [6.45, 7) is 2.49. The molecule has 0 saturated heterocycles. The van der Waals surface area contributed by atoms with Gasteiger partial charge in [0.1, 0.15) is 5.75 Å². The minimum atomic E-state index is -0.270. The highest BCUT2D eigenvalue weighted by atomic mass is 35.5.